The monoisotopic (exact) mass is 244 g/mol. The van der Waals surface area contributed by atoms with Crippen molar-refractivity contribution >= 4 is 11.9 Å². The van der Waals surface area contributed by atoms with Crippen LogP contribution in [-0.4, -0.2) is 46.8 Å². The van der Waals surface area contributed by atoms with Gasteiger partial charge in [-0.15, -0.1) is 0 Å². The average Bonchev–Trinajstić information content (AvgIpc) is 2.28. The fourth-order valence-electron chi connectivity index (χ4n) is 1.15. The minimum Gasteiger partial charge on any atom is -0.293 e. The Morgan fingerprint density at radius 1 is 1.47 bits per heavy atom. The number of hydrogen-bond donors (Lipinski definition) is 1. The van der Waals surface area contributed by atoms with Gasteiger partial charge in [0.05, 0.1) is 12.6 Å². The third-order valence-electron chi connectivity index (χ3n) is 2.27. The van der Waals surface area contributed by atoms with Gasteiger partial charge in [-0.25, -0.2) is 18.7 Å². The second kappa shape index (κ2) is 6.19. The van der Waals surface area contributed by atoms with E-state index in [0.717, 1.165) is 0 Å². The van der Waals surface area contributed by atoms with Gasteiger partial charge in [0.1, 0.15) is 0 Å². The molecule has 0 aliphatic rings. The SMILES string of the molecule is C[C@@H](C(=O)Nc1ncccn1)N(C)CC(F)F. The Morgan fingerprint density at radius 3 is 2.59 bits per heavy atom. The van der Waals surface area contributed by atoms with Gasteiger partial charge >= 0.3 is 0 Å². The van der Waals surface area contributed by atoms with Gasteiger partial charge in [-0.05, 0) is 20.0 Å². The van der Waals surface area contributed by atoms with Crippen LogP contribution in [0.1, 0.15) is 6.92 Å². The molecular formula is C10H14F2N4O. The molecule has 94 valence electrons. The van der Waals surface area contributed by atoms with Gasteiger partial charge in [0.15, 0.2) is 0 Å². The summed E-state index contributed by atoms with van der Waals surface area (Å²) >= 11 is 0. The quantitative estimate of drug-likeness (QED) is 0.839. The van der Waals surface area contributed by atoms with Crippen molar-refractivity contribution in [1.82, 2.24) is 14.9 Å². The summed E-state index contributed by atoms with van der Waals surface area (Å²) in [4.78, 5) is 20.5. The topological polar surface area (TPSA) is 58.1 Å². The van der Waals surface area contributed by atoms with Crippen molar-refractivity contribution in [2.75, 3.05) is 18.9 Å². The fourth-order valence-corrected chi connectivity index (χ4v) is 1.15. The first-order chi connectivity index (χ1) is 8.00. The number of halogens is 2. The number of likely N-dealkylation sites (N-methyl/N-ethyl adjacent to an activating group) is 1. The van der Waals surface area contributed by atoms with Crippen LogP contribution in [0.5, 0.6) is 0 Å². The number of amides is 1. The summed E-state index contributed by atoms with van der Waals surface area (Å²) in [5.74, 6) is -0.255. The lowest BCUT2D eigenvalue weighted by Gasteiger charge is -2.22. The Hall–Kier alpha value is -1.63. The summed E-state index contributed by atoms with van der Waals surface area (Å²) in [6.45, 7) is 1.09. The molecule has 1 heterocycles. The highest BCUT2D eigenvalue weighted by Crippen LogP contribution is 2.04. The van der Waals surface area contributed by atoms with Gasteiger partial charge < -0.3 is 0 Å². The minimum absolute atomic E-state index is 0.162. The summed E-state index contributed by atoms with van der Waals surface area (Å²) in [7, 11) is 1.46. The van der Waals surface area contributed by atoms with Crippen LogP contribution in [0.2, 0.25) is 0 Å². The third kappa shape index (κ3) is 4.39. The summed E-state index contributed by atoms with van der Waals surface area (Å²) in [5.41, 5.74) is 0. The Bertz CT molecular complexity index is 361. The van der Waals surface area contributed by atoms with Gasteiger partial charge in [-0.1, -0.05) is 0 Å². The van der Waals surface area contributed by atoms with E-state index in [9.17, 15) is 13.6 Å². The molecule has 7 heteroatoms. The van der Waals surface area contributed by atoms with Crippen molar-refractivity contribution < 1.29 is 13.6 Å². The maximum Gasteiger partial charge on any atom is 0.251 e. The van der Waals surface area contributed by atoms with Crippen molar-refractivity contribution in [2.24, 2.45) is 0 Å². The maximum atomic E-state index is 12.1. The van der Waals surface area contributed by atoms with Crippen molar-refractivity contribution in [1.29, 1.82) is 0 Å². The second-order valence-corrected chi connectivity index (χ2v) is 3.57. The van der Waals surface area contributed by atoms with Crippen molar-refractivity contribution in [2.45, 2.75) is 19.4 Å². The highest BCUT2D eigenvalue weighted by atomic mass is 19.3. The highest BCUT2D eigenvalue weighted by Gasteiger charge is 2.21. The molecular weight excluding hydrogens is 230 g/mol. The van der Waals surface area contributed by atoms with E-state index in [-0.39, 0.29) is 5.95 Å². The molecule has 0 saturated carbocycles. The van der Waals surface area contributed by atoms with E-state index in [0.29, 0.717) is 0 Å². The molecule has 0 aliphatic carbocycles. The van der Waals surface area contributed by atoms with Gasteiger partial charge in [-0.2, -0.15) is 0 Å². The Labute approximate surface area is 97.9 Å². The fraction of sp³-hybridized carbons (Fsp3) is 0.500. The number of carbonyl (C=O) groups is 1. The van der Waals surface area contributed by atoms with E-state index in [4.69, 9.17) is 0 Å². The smallest absolute Gasteiger partial charge is 0.251 e. The Balaban J connectivity index is 2.52. The molecule has 1 amide bonds. The molecule has 1 aromatic heterocycles. The van der Waals surface area contributed by atoms with Crippen molar-refractivity contribution in [3.8, 4) is 0 Å². The second-order valence-electron chi connectivity index (χ2n) is 3.57. The van der Waals surface area contributed by atoms with E-state index in [1.54, 1.807) is 13.0 Å². The maximum absolute atomic E-state index is 12.1. The molecule has 0 unspecified atom stereocenters. The molecule has 17 heavy (non-hydrogen) atoms. The Morgan fingerprint density at radius 2 is 2.06 bits per heavy atom. The number of nitrogens with one attached hydrogen (secondary N) is 1. The number of hydrogen-bond acceptors (Lipinski definition) is 4. The molecule has 0 bridgehead atoms. The largest absolute Gasteiger partial charge is 0.293 e. The van der Waals surface area contributed by atoms with Crippen LogP contribution < -0.4 is 5.32 Å². The lowest BCUT2D eigenvalue weighted by molar-refractivity contribution is -0.120. The van der Waals surface area contributed by atoms with E-state index in [2.05, 4.69) is 15.3 Å². The minimum atomic E-state index is -2.47. The molecule has 5 nitrogen and oxygen atoms in total. The van der Waals surface area contributed by atoms with E-state index in [1.807, 2.05) is 0 Å². The molecule has 0 fully saturated rings. The number of rotatable bonds is 5. The molecule has 0 saturated heterocycles. The average molecular weight is 244 g/mol. The zero-order valence-electron chi connectivity index (χ0n) is 9.60. The molecule has 0 spiro atoms. The van der Waals surface area contributed by atoms with E-state index < -0.39 is 24.9 Å². The predicted octanol–water partition coefficient (Wildman–Crippen LogP) is 1.00. The molecule has 1 atom stereocenters. The van der Waals surface area contributed by atoms with E-state index in [1.165, 1.54) is 24.3 Å². The normalized spacial score (nSPS) is 12.8. The molecule has 0 aliphatic heterocycles. The van der Waals surface area contributed by atoms with Crippen LogP contribution in [0.3, 0.4) is 0 Å². The lowest BCUT2D eigenvalue weighted by Crippen LogP contribution is -2.42. The summed E-state index contributed by atoms with van der Waals surface area (Å²) in [5, 5.41) is 2.45. The zero-order valence-corrected chi connectivity index (χ0v) is 9.60. The van der Waals surface area contributed by atoms with Crippen molar-refractivity contribution in [3.05, 3.63) is 18.5 Å². The van der Waals surface area contributed by atoms with E-state index >= 15 is 0 Å². The van der Waals surface area contributed by atoms with Gasteiger partial charge in [-0.3, -0.25) is 15.0 Å². The summed E-state index contributed by atoms with van der Waals surface area (Å²) in [6.07, 6.45) is 0.495. The number of nitrogens with zero attached hydrogens (tertiary/aromatic N) is 3. The first-order valence-corrected chi connectivity index (χ1v) is 5.07. The van der Waals surface area contributed by atoms with Crippen LogP contribution in [0.25, 0.3) is 0 Å². The molecule has 0 radical (unpaired) electrons. The molecule has 1 aromatic rings. The van der Waals surface area contributed by atoms with Crippen LogP contribution in [0.4, 0.5) is 14.7 Å². The zero-order chi connectivity index (χ0) is 12.8. The molecule has 1 N–H and O–H groups in total. The first-order valence-electron chi connectivity index (χ1n) is 5.07. The summed E-state index contributed by atoms with van der Waals surface area (Å²) in [6, 6.07) is 0.940. The summed E-state index contributed by atoms with van der Waals surface area (Å²) < 4.78 is 24.3. The number of carbonyl (C=O) groups excluding carboxylic acids is 1. The Kier molecular flexibility index (Phi) is 4.89. The number of alkyl halides is 2. The molecule has 1 rings (SSSR count). The van der Waals surface area contributed by atoms with Crippen LogP contribution in [0, 0.1) is 0 Å². The molecule has 0 aromatic carbocycles. The standard InChI is InChI=1S/C10H14F2N4O/c1-7(16(2)6-8(11)12)9(17)15-10-13-4-3-5-14-10/h3-5,7-8H,6H2,1-2H3,(H,13,14,15,17)/t7-/m0/s1. The van der Waals surface area contributed by atoms with Gasteiger partial charge in [0, 0.05) is 12.4 Å². The van der Waals surface area contributed by atoms with Crippen LogP contribution in [-0.2, 0) is 4.79 Å². The number of aromatic nitrogens is 2. The van der Waals surface area contributed by atoms with Crippen LogP contribution in [0.15, 0.2) is 18.5 Å². The van der Waals surface area contributed by atoms with Crippen LogP contribution >= 0.6 is 0 Å². The van der Waals surface area contributed by atoms with Crippen molar-refractivity contribution in [3.63, 3.8) is 0 Å². The van der Waals surface area contributed by atoms with Gasteiger partial charge in [0.25, 0.3) is 6.43 Å². The third-order valence-corrected chi connectivity index (χ3v) is 2.27. The highest BCUT2D eigenvalue weighted by molar-refractivity contribution is 5.92. The first kappa shape index (κ1) is 13.4. The lowest BCUT2D eigenvalue weighted by atomic mass is 10.3. The predicted molar refractivity (Wildman–Crippen MR) is 58.8 cm³/mol. The number of anilines is 1. The van der Waals surface area contributed by atoms with Gasteiger partial charge in [0.2, 0.25) is 11.9 Å².